The van der Waals surface area contributed by atoms with Gasteiger partial charge in [-0.05, 0) is 44.2 Å². The Labute approximate surface area is 209 Å². The lowest BCUT2D eigenvalue weighted by Gasteiger charge is -2.16. The van der Waals surface area contributed by atoms with E-state index in [9.17, 15) is 18.0 Å². The maximum absolute atomic E-state index is 11.9. The summed E-state index contributed by atoms with van der Waals surface area (Å²) in [4.78, 5) is 22.8. The molecule has 35 heavy (non-hydrogen) atoms. The number of methoxy groups -OCH3 is 2. The predicted octanol–water partition coefficient (Wildman–Crippen LogP) is 2.84. The molecule has 0 heterocycles. The number of ether oxygens (including phenoxy) is 2. The molecule has 0 aliphatic heterocycles. The summed E-state index contributed by atoms with van der Waals surface area (Å²) < 4.78 is 35.6. The second kappa shape index (κ2) is 15.3. The number of sulfonamides is 1. The topological polar surface area (TPSA) is 125 Å². The molecule has 9 heteroatoms. The minimum Gasteiger partial charge on any atom is -0.468 e. The van der Waals surface area contributed by atoms with Crippen molar-refractivity contribution in [3.05, 3.63) is 70.8 Å². The van der Waals surface area contributed by atoms with Gasteiger partial charge in [0.1, 0.15) is 12.1 Å². The summed E-state index contributed by atoms with van der Waals surface area (Å²) >= 11 is 0. The highest BCUT2D eigenvalue weighted by molar-refractivity contribution is 7.89. The third-order valence-electron chi connectivity index (χ3n) is 5.21. The van der Waals surface area contributed by atoms with Crippen LogP contribution in [0, 0.1) is 13.8 Å². The number of aryl methyl sites for hydroxylation is 2. The Bertz CT molecular complexity index is 1020. The van der Waals surface area contributed by atoms with Crippen LogP contribution in [0.4, 0.5) is 0 Å². The maximum Gasteiger partial charge on any atom is 0.324 e. The molecule has 2 rings (SSSR count). The van der Waals surface area contributed by atoms with E-state index in [0.717, 1.165) is 23.1 Å². The van der Waals surface area contributed by atoms with Crippen LogP contribution in [0.15, 0.2) is 48.5 Å². The first-order valence-electron chi connectivity index (χ1n) is 11.5. The van der Waals surface area contributed by atoms with E-state index in [4.69, 9.17) is 10.5 Å². The first kappa shape index (κ1) is 30.3. The first-order chi connectivity index (χ1) is 16.5. The van der Waals surface area contributed by atoms with E-state index in [1.165, 1.54) is 19.8 Å². The summed E-state index contributed by atoms with van der Waals surface area (Å²) in [5.74, 6) is -0.925. The zero-order chi connectivity index (χ0) is 26.4. The Morgan fingerprint density at radius 2 is 1.31 bits per heavy atom. The van der Waals surface area contributed by atoms with Crippen LogP contribution in [-0.4, -0.2) is 52.4 Å². The standard InChI is InChI=1S/C15H23NO4S.C11H15NO2/c1-4-5-10-21(18,19)16-14(15(17)20-3)11-13-8-6-12(2)7-9-13;1-8-3-5-9(6-4-8)7-10(12)11(13)14-2/h6-9,14,16H,4-5,10-11H2,1-3H3;3-6,10H,7,12H2,1-2H3. The van der Waals surface area contributed by atoms with Gasteiger partial charge in [-0.1, -0.05) is 73.0 Å². The molecule has 0 radical (unpaired) electrons. The molecule has 2 unspecified atom stereocenters. The normalized spacial score (nSPS) is 12.6. The van der Waals surface area contributed by atoms with Crippen molar-refractivity contribution in [2.24, 2.45) is 5.73 Å². The summed E-state index contributed by atoms with van der Waals surface area (Å²) in [6.07, 6.45) is 2.14. The average Bonchev–Trinajstić information content (AvgIpc) is 2.84. The van der Waals surface area contributed by atoms with E-state index in [1.807, 2.05) is 69.3 Å². The molecule has 0 fully saturated rings. The molecule has 3 N–H and O–H groups in total. The van der Waals surface area contributed by atoms with Crippen LogP contribution in [0.3, 0.4) is 0 Å². The highest BCUT2D eigenvalue weighted by atomic mass is 32.2. The van der Waals surface area contributed by atoms with Crippen LogP contribution in [-0.2, 0) is 41.9 Å². The molecule has 0 aromatic heterocycles. The molecular weight excluding hydrogens is 468 g/mol. The fourth-order valence-corrected chi connectivity index (χ4v) is 4.50. The fourth-order valence-electron chi connectivity index (χ4n) is 3.10. The highest BCUT2D eigenvalue weighted by Gasteiger charge is 2.25. The Morgan fingerprint density at radius 3 is 1.74 bits per heavy atom. The van der Waals surface area contributed by atoms with Crippen molar-refractivity contribution in [1.82, 2.24) is 4.72 Å². The number of nitrogens with two attached hydrogens (primary N) is 1. The zero-order valence-corrected chi connectivity index (χ0v) is 22.1. The summed E-state index contributed by atoms with van der Waals surface area (Å²) in [6, 6.07) is 14.1. The Balaban J connectivity index is 0.000000379. The third kappa shape index (κ3) is 12.0. The lowest BCUT2D eigenvalue weighted by atomic mass is 10.1. The van der Waals surface area contributed by atoms with Gasteiger partial charge in [-0.2, -0.15) is 0 Å². The van der Waals surface area contributed by atoms with Crippen LogP contribution in [0.1, 0.15) is 42.0 Å². The van der Waals surface area contributed by atoms with Gasteiger partial charge >= 0.3 is 11.9 Å². The molecule has 194 valence electrons. The number of carbonyl (C=O) groups excluding carboxylic acids is 2. The maximum atomic E-state index is 11.9. The minimum atomic E-state index is -3.48. The van der Waals surface area contributed by atoms with E-state index >= 15 is 0 Å². The van der Waals surface area contributed by atoms with Crippen molar-refractivity contribution in [2.45, 2.75) is 58.5 Å². The van der Waals surface area contributed by atoms with Crippen LogP contribution >= 0.6 is 0 Å². The summed E-state index contributed by atoms with van der Waals surface area (Å²) in [5, 5.41) is 0. The number of unbranched alkanes of at least 4 members (excludes halogenated alkanes) is 1. The lowest BCUT2D eigenvalue weighted by Crippen LogP contribution is -2.43. The molecule has 0 aliphatic rings. The van der Waals surface area contributed by atoms with Crippen LogP contribution in [0.25, 0.3) is 0 Å². The molecule has 0 spiro atoms. The largest absolute Gasteiger partial charge is 0.468 e. The van der Waals surface area contributed by atoms with Gasteiger partial charge in [0, 0.05) is 0 Å². The summed E-state index contributed by atoms with van der Waals surface area (Å²) in [5.41, 5.74) is 9.86. The van der Waals surface area contributed by atoms with Crippen molar-refractivity contribution >= 4 is 22.0 Å². The molecule has 0 saturated carbocycles. The van der Waals surface area contributed by atoms with Crippen molar-refractivity contribution < 1.29 is 27.5 Å². The van der Waals surface area contributed by atoms with Crippen molar-refractivity contribution in [1.29, 1.82) is 0 Å². The number of rotatable bonds is 11. The first-order valence-corrected chi connectivity index (χ1v) is 13.2. The highest BCUT2D eigenvalue weighted by Crippen LogP contribution is 2.09. The van der Waals surface area contributed by atoms with E-state index in [0.29, 0.717) is 12.8 Å². The Kier molecular flexibility index (Phi) is 13.2. The minimum absolute atomic E-state index is 0.0187. The average molecular weight is 507 g/mol. The molecule has 2 aromatic rings. The Hall–Kier alpha value is -2.75. The van der Waals surface area contributed by atoms with E-state index in [-0.39, 0.29) is 18.1 Å². The fraction of sp³-hybridized carbons (Fsp3) is 0.462. The molecular formula is C26H38N2O6S. The number of nitrogens with one attached hydrogen (secondary N) is 1. The van der Waals surface area contributed by atoms with Crippen LogP contribution in [0.5, 0.6) is 0 Å². The van der Waals surface area contributed by atoms with Gasteiger partial charge in [0.05, 0.1) is 20.0 Å². The van der Waals surface area contributed by atoms with E-state index < -0.39 is 28.1 Å². The molecule has 0 bridgehead atoms. The molecule has 2 atom stereocenters. The SMILES string of the molecule is CCCCS(=O)(=O)NC(Cc1ccc(C)cc1)C(=O)OC.COC(=O)C(N)Cc1ccc(C)cc1. The van der Waals surface area contributed by atoms with Gasteiger partial charge in [0.25, 0.3) is 0 Å². The van der Waals surface area contributed by atoms with Crippen molar-refractivity contribution in [2.75, 3.05) is 20.0 Å². The third-order valence-corrected chi connectivity index (χ3v) is 6.68. The number of hydrogen-bond acceptors (Lipinski definition) is 7. The molecule has 0 amide bonds. The van der Waals surface area contributed by atoms with Gasteiger partial charge in [0.15, 0.2) is 0 Å². The number of hydrogen-bond donors (Lipinski definition) is 2. The number of benzene rings is 2. The summed E-state index contributed by atoms with van der Waals surface area (Å²) in [7, 11) is -0.878. The van der Waals surface area contributed by atoms with E-state index in [2.05, 4.69) is 9.46 Å². The van der Waals surface area contributed by atoms with Gasteiger partial charge in [0.2, 0.25) is 10.0 Å². The second-order valence-corrected chi connectivity index (χ2v) is 10.2. The number of carbonyl (C=O) groups is 2. The molecule has 2 aromatic carbocycles. The molecule has 8 nitrogen and oxygen atoms in total. The molecule has 0 saturated heterocycles. The van der Waals surface area contributed by atoms with Crippen LogP contribution < -0.4 is 10.5 Å². The number of esters is 2. The van der Waals surface area contributed by atoms with Crippen molar-refractivity contribution in [3.63, 3.8) is 0 Å². The quantitative estimate of drug-likeness (QED) is 0.449. The van der Waals surface area contributed by atoms with Crippen molar-refractivity contribution in [3.8, 4) is 0 Å². The monoisotopic (exact) mass is 506 g/mol. The summed E-state index contributed by atoms with van der Waals surface area (Å²) in [6.45, 7) is 5.90. The zero-order valence-electron chi connectivity index (χ0n) is 21.2. The van der Waals surface area contributed by atoms with Crippen LogP contribution in [0.2, 0.25) is 0 Å². The van der Waals surface area contributed by atoms with Gasteiger partial charge in [-0.3, -0.25) is 9.59 Å². The van der Waals surface area contributed by atoms with Gasteiger partial charge in [-0.25, -0.2) is 13.1 Å². The smallest absolute Gasteiger partial charge is 0.324 e. The van der Waals surface area contributed by atoms with Gasteiger partial charge < -0.3 is 15.2 Å². The molecule has 0 aliphatic carbocycles. The predicted molar refractivity (Wildman–Crippen MR) is 137 cm³/mol. The Morgan fingerprint density at radius 1 is 0.857 bits per heavy atom. The van der Waals surface area contributed by atoms with E-state index in [1.54, 1.807) is 0 Å². The lowest BCUT2D eigenvalue weighted by molar-refractivity contribution is -0.143. The second-order valence-electron chi connectivity index (χ2n) is 8.38. The van der Waals surface area contributed by atoms with Gasteiger partial charge in [-0.15, -0.1) is 0 Å².